The fourth-order valence-electron chi connectivity index (χ4n) is 2.02. The second kappa shape index (κ2) is 5.29. The van der Waals surface area contributed by atoms with Gasteiger partial charge in [0.05, 0.1) is 12.7 Å². The summed E-state index contributed by atoms with van der Waals surface area (Å²) in [6, 6.07) is 7.50. The number of carbonyl (C=O) groups is 1. The normalized spacial score (nSPS) is 20.4. The third-order valence-electron chi connectivity index (χ3n) is 2.94. The van der Waals surface area contributed by atoms with E-state index in [1.54, 1.807) is 0 Å². The lowest BCUT2D eigenvalue weighted by Gasteiger charge is -2.31. The molecule has 2 N–H and O–H groups in total. The Hall–Kier alpha value is -1.39. The number of nitrogens with two attached hydrogens (primary N) is 1. The molecule has 1 aliphatic rings. The number of carbonyl (C=O) groups excluding carboxylic acids is 1. The van der Waals surface area contributed by atoms with E-state index in [9.17, 15) is 4.79 Å². The molecule has 1 amide bonds. The molecule has 4 heteroatoms. The first kappa shape index (κ1) is 12.1. The summed E-state index contributed by atoms with van der Waals surface area (Å²) in [6.45, 7) is 4.38. The van der Waals surface area contributed by atoms with E-state index in [-0.39, 0.29) is 12.0 Å². The van der Waals surface area contributed by atoms with Crippen molar-refractivity contribution < 1.29 is 9.53 Å². The van der Waals surface area contributed by atoms with Gasteiger partial charge in [-0.05, 0) is 24.6 Å². The summed E-state index contributed by atoms with van der Waals surface area (Å²) in [5.41, 5.74) is 7.27. The first-order chi connectivity index (χ1) is 8.20. The molecule has 0 aliphatic carbocycles. The summed E-state index contributed by atoms with van der Waals surface area (Å²) in [5.74, 6) is 0.0652. The van der Waals surface area contributed by atoms with Gasteiger partial charge in [-0.25, -0.2) is 0 Å². The lowest BCUT2D eigenvalue weighted by molar-refractivity contribution is -0.0124. The molecule has 1 aromatic carbocycles. The molecule has 0 saturated carbocycles. The Morgan fingerprint density at radius 2 is 2.41 bits per heavy atom. The van der Waals surface area contributed by atoms with Gasteiger partial charge in [0.25, 0.3) is 5.91 Å². The SMILES string of the molecule is C[C@H]1CN(C(=O)c2cccc(CN)c2)CCO1. The average molecular weight is 234 g/mol. The summed E-state index contributed by atoms with van der Waals surface area (Å²) in [5, 5.41) is 0. The maximum Gasteiger partial charge on any atom is 0.254 e. The fraction of sp³-hybridized carbons (Fsp3) is 0.462. The molecule has 92 valence electrons. The van der Waals surface area contributed by atoms with E-state index in [1.165, 1.54) is 0 Å². The second-order valence-electron chi connectivity index (χ2n) is 4.34. The minimum absolute atomic E-state index is 0.0652. The highest BCUT2D eigenvalue weighted by molar-refractivity contribution is 5.94. The molecule has 0 aromatic heterocycles. The number of benzene rings is 1. The zero-order chi connectivity index (χ0) is 12.3. The zero-order valence-corrected chi connectivity index (χ0v) is 10.1. The van der Waals surface area contributed by atoms with Crippen molar-refractivity contribution in [1.82, 2.24) is 4.90 Å². The van der Waals surface area contributed by atoms with Gasteiger partial charge in [-0.15, -0.1) is 0 Å². The maximum atomic E-state index is 12.2. The Morgan fingerprint density at radius 1 is 1.59 bits per heavy atom. The predicted octanol–water partition coefficient (Wildman–Crippen LogP) is 1.01. The Morgan fingerprint density at radius 3 is 3.12 bits per heavy atom. The van der Waals surface area contributed by atoms with Crippen molar-refractivity contribution >= 4 is 5.91 Å². The van der Waals surface area contributed by atoms with Crippen LogP contribution in [0.15, 0.2) is 24.3 Å². The number of amides is 1. The van der Waals surface area contributed by atoms with Crippen LogP contribution in [-0.4, -0.2) is 36.6 Å². The summed E-state index contributed by atoms with van der Waals surface area (Å²) in [6.07, 6.45) is 0.116. The Labute approximate surface area is 101 Å². The van der Waals surface area contributed by atoms with Crippen molar-refractivity contribution in [1.29, 1.82) is 0 Å². The number of hydrogen-bond donors (Lipinski definition) is 1. The third kappa shape index (κ3) is 2.84. The van der Waals surface area contributed by atoms with Gasteiger partial charge in [0.1, 0.15) is 0 Å². The van der Waals surface area contributed by atoms with E-state index in [0.717, 1.165) is 5.56 Å². The highest BCUT2D eigenvalue weighted by atomic mass is 16.5. The number of morpholine rings is 1. The van der Waals surface area contributed by atoms with Crippen LogP contribution in [0.25, 0.3) is 0 Å². The number of ether oxygens (including phenoxy) is 1. The summed E-state index contributed by atoms with van der Waals surface area (Å²) in [7, 11) is 0. The van der Waals surface area contributed by atoms with E-state index in [4.69, 9.17) is 10.5 Å². The van der Waals surface area contributed by atoms with Gasteiger partial charge in [0, 0.05) is 25.2 Å². The standard InChI is InChI=1S/C13H18N2O2/c1-10-9-15(5-6-17-10)13(16)12-4-2-3-11(7-12)8-14/h2-4,7,10H,5-6,8-9,14H2,1H3/t10-/m0/s1. The average Bonchev–Trinajstić information content (AvgIpc) is 2.38. The molecular weight excluding hydrogens is 216 g/mol. The largest absolute Gasteiger partial charge is 0.375 e. The van der Waals surface area contributed by atoms with Gasteiger partial charge < -0.3 is 15.4 Å². The van der Waals surface area contributed by atoms with Gasteiger partial charge in [0.2, 0.25) is 0 Å². The molecule has 1 aliphatic heterocycles. The highest BCUT2D eigenvalue weighted by Gasteiger charge is 2.22. The van der Waals surface area contributed by atoms with Crippen LogP contribution in [0.1, 0.15) is 22.8 Å². The van der Waals surface area contributed by atoms with Crippen LogP contribution in [0, 0.1) is 0 Å². The monoisotopic (exact) mass is 234 g/mol. The topological polar surface area (TPSA) is 55.6 Å². The lowest BCUT2D eigenvalue weighted by Crippen LogP contribution is -2.44. The van der Waals surface area contributed by atoms with Gasteiger partial charge in [0.15, 0.2) is 0 Å². The van der Waals surface area contributed by atoms with Crippen LogP contribution >= 0.6 is 0 Å². The van der Waals surface area contributed by atoms with E-state index in [2.05, 4.69) is 0 Å². The van der Waals surface area contributed by atoms with E-state index in [1.807, 2.05) is 36.1 Å². The first-order valence-corrected chi connectivity index (χ1v) is 5.90. The molecule has 1 saturated heterocycles. The molecule has 4 nitrogen and oxygen atoms in total. The minimum Gasteiger partial charge on any atom is -0.375 e. The van der Waals surface area contributed by atoms with Gasteiger partial charge in [-0.1, -0.05) is 12.1 Å². The third-order valence-corrected chi connectivity index (χ3v) is 2.94. The summed E-state index contributed by atoms with van der Waals surface area (Å²) < 4.78 is 5.43. The molecule has 1 atom stereocenters. The van der Waals surface area contributed by atoms with Crippen LogP contribution in [0.4, 0.5) is 0 Å². The Kier molecular flexibility index (Phi) is 3.76. The molecule has 0 unspecified atom stereocenters. The summed E-state index contributed by atoms with van der Waals surface area (Å²) >= 11 is 0. The number of hydrogen-bond acceptors (Lipinski definition) is 3. The maximum absolute atomic E-state index is 12.2. The van der Waals surface area contributed by atoms with Crippen molar-refractivity contribution in [3.63, 3.8) is 0 Å². The Balaban J connectivity index is 2.12. The molecule has 2 rings (SSSR count). The smallest absolute Gasteiger partial charge is 0.254 e. The first-order valence-electron chi connectivity index (χ1n) is 5.90. The number of nitrogens with zero attached hydrogens (tertiary/aromatic N) is 1. The Bertz CT molecular complexity index is 406. The van der Waals surface area contributed by atoms with Crippen molar-refractivity contribution in [2.75, 3.05) is 19.7 Å². The van der Waals surface area contributed by atoms with Crippen LogP contribution in [0.5, 0.6) is 0 Å². The van der Waals surface area contributed by atoms with Gasteiger partial charge >= 0.3 is 0 Å². The van der Waals surface area contributed by atoms with Crippen molar-refractivity contribution in [2.45, 2.75) is 19.6 Å². The van der Waals surface area contributed by atoms with Crippen molar-refractivity contribution in [3.05, 3.63) is 35.4 Å². The van der Waals surface area contributed by atoms with Crippen LogP contribution in [-0.2, 0) is 11.3 Å². The van der Waals surface area contributed by atoms with Crippen molar-refractivity contribution in [2.24, 2.45) is 5.73 Å². The molecule has 1 aromatic rings. The van der Waals surface area contributed by atoms with Crippen LogP contribution in [0.3, 0.4) is 0 Å². The molecule has 0 bridgehead atoms. The number of rotatable bonds is 2. The highest BCUT2D eigenvalue weighted by Crippen LogP contribution is 2.12. The van der Waals surface area contributed by atoms with E-state index in [0.29, 0.717) is 31.8 Å². The van der Waals surface area contributed by atoms with Gasteiger partial charge in [-0.2, -0.15) is 0 Å². The quantitative estimate of drug-likeness (QED) is 0.830. The molecular formula is C13H18N2O2. The van der Waals surface area contributed by atoms with Crippen LogP contribution < -0.4 is 5.73 Å². The lowest BCUT2D eigenvalue weighted by atomic mass is 10.1. The molecule has 1 fully saturated rings. The molecule has 1 heterocycles. The van der Waals surface area contributed by atoms with E-state index < -0.39 is 0 Å². The minimum atomic E-state index is 0.0652. The van der Waals surface area contributed by atoms with Crippen molar-refractivity contribution in [3.8, 4) is 0 Å². The molecule has 17 heavy (non-hydrogen) atoms. The van der Waals surface area contributed by atoms with Gasteiger partial charge in [-0.3, -0.25) is 4.79 Å². The van der Waals surface area contributed by atoms with Crippen LogP contribution in [0.2, 0.25) is 0 Å². The fourth-order valence-corrected chi connectivity index (χ4v) is 2.02. The molecule has 0 spiro atoms. The second-order valence-corrected chi connectivity index (χ2v) is 4.34. The zero-order valence-electron chi connectivity index (χ0n) is 10.1. The molecule has 0 radical (unpaired) electrons. The predicted molar refractivity (Wildman–Crippen MR) is 65.7 cm³/mol. The summed E-state index contributed by atoms with van der Waals surface area (Å²) in [4.78, 5) is 14.1. The van der Waals surface area contributed by atoms with E-state index >= 15 is 0 Å².